The van der Waals surface area contributed by atoms with E-state index in [2.05, 4.69) is 18.7 Å². The van der Waals surface area contributed by atoms with Crippen LogP contribution in [0.15, 0.2) is 46.2 Å². The molecular weight excluding hydrogens is 837 g/mol. The van der Waals surface area contributed by atoms with Crippen molar-refractivity contribution in [2.24, 2.45) is 35.5 Å². The molecule has 1 atom stereocenters. The molecule has 5 fully saturated rings. The maximum atomic E-state index is 13.0. The quantitative estimate of drug-likeness (QED) is 0.144. The number of nitrogens with zero attached hydrogens (tertiary/aromatic N) is 4. The first-order chi connectivity index (χ1) is 28.5. The van der Waals surface area contributed by atoms with E-state index >= 15 is 0 Å². The molecule has 1 heterocycles. The molecule has 7 rings (SSSR count). The number of benzene rings is 2. The second-order valence-corrected chi connectivity index (χ2v) is 21.2. The van der Waals surface area contributed by atoms with E-state index in [1.54, 1.807) is 11.8 Å². The monoisotopic (exact) mass is 894 g/mol. The van der Waals surface area contributed by atoms with Gasteiger partial charge in [-0.2, -0.15) is 0 Å². The molecule has 4 bridgehead atoms. The number of esters is 2. The number of anilines is 2. The molecule has 1 aliphatic heterocycles. The summed E-state index contributed by atoms with van der Waals surface area (Å²) in [6.45, 7) is 9.21. The molecule has 0 spiro atoms. The van der Waals surface area contributed by atoms with Crippen molar-refractivity contribution >= 4 is 54.7 Å². The van der Waals surface area contributed by atoms with Crippen LogP contribution in [0.25, 0.3) is 0 Å². The average molecular weight is 895 g/mol. The van der Waals surface area contributed by atoms with E-state index < -0.39 is 55.7 Å². The Bertz CT molecular complexity index is 2130. The van der Waals surface area contributed by atoms with Crippen LogP contribution in [0, 0.1) is 35.5 Å². The lowest BCUT2D eigenvalue weighted by molar-refractivity contribution is -0.136. The van der Waals surface area contributed by atoms with Crippen LogP contribution < -0.4 is 10.5 Å². The van der Waals surface area contributed by atoms with Gasteiger partial charge in [0, 0.05) is 51.7 Å². The van der Waals surface area contributed by atoms with Crippen molar-refractivity contribution in [3.05, 3.63) is 47.5 Å². The number of ketones is 1. The van der Waals surface area contributed by atoms with Crippen LogP contribution in [-0.4, -0.2) is 129 Å². The molecule has 0 radical (unpaired) electrons. The number of hydrogen-bond donors (Lipinski definition) is 4. The number of carbonyl (C=O) groups excluding carboxylic acids is 4. The highest BCUT2D eigenvalue weighted by Crippen LogP contribution is 2.57. The van der Waals surface area contributed by atoms with Gasteiger partial charge >= 0.3 is 11.9 Å². The number of ether oxygens (including phenoxy) is 2. The van der Waals surface area contributed by atoms with Crippen molar-refractivity contribution in [1.29, 1.82) is 0 Å². The Hall–Kier alpha value is -4.18. The van der Waals surface area contributed by atoms with Crippen molar-refractivity contribution in [2.75, 3.05) is 62.3 Å². The molecule has 1 saturated heterocycles. The third-order valence-electron chi connectivity index (χ3n) is 12.1. The Morgan fingerprint density at radius 2 is 1.21 bits per heavy atom. The Labute approximate surface area is 356 Å². The summed E-state index contributed by atoms with van der Waals surface area (Å²) in [4.78, 5) is 53.4. The van der Waals surface area contributed by atoms with Crippen molar-refractivity contribution in [2.45, 2.75) is 81.6 Å². The highest BCUT2D eigenvalue weighted by molar-refractivity contribution is 7.91. The summed E-state index contributed by atoms with van der Waals surface area (Å²) >= 11 is 0. The second-order valence-electron chi connectivity index (χ2n) is 17.2. The topological polar surface area (TPSA) is 249 Å². The largest absolute Gasteiger partial charge is 0.452 e. The number of Topliss-reactive ketones (excluding diaryl/α,β-unsaturated/α-hetero) is 1. The third-order valence-corrected chi connectivity index (χ3v) is 14.4. The highest BCUT2D eigenvalue weighted by Gasteiger charge is 2.49. The summed E-state index contributed by atoms with van der Waals surface area (Å²) in [6, 6.07) is 6.58. The predicted molar refractivity (Wildman–Crippen MR) is 219 cm³/mol. The van der Waals surface area contributed by atoms with Crippen LogP contribution in [0.4, 0.5) is 11.4 Å². The van der Waals surface area contributed by atoms with E-state index in [-0.39, 0.29) is 43.1 Å². The first kappa shape index (κ1) is 47.9. The van der Waals surface area contributed by atoms with E-state index in [0.29, 0.717) is 49.6 Å². The van der Waals surface area contributed by atoms with Gasteiger partial charge in [0.1, 0.15) is 11.4 Å². The molecule has 5 aliphatic rings. The van der Waals surface area contributed by atoms with Gasteiger partial charge in [0.2, 0.25) is 0 Å². The Morgan fingerprint density at radius 3 is 1.64 bits per heavy atom. The second kappa shape index (κ2) is 19.9. The van der Waals surface area contributed by atoms with Crippen LogP contribution in [-0.2, 0) is 38.7 Å². The van der Waals surface area contributed by atoms with E-state index in [0.717, 1.165) is 68.2 Å². The van der Waals surface area contributed by atoms with Gasteiger partial charge in [-0.25, -0.2) is 26.4 Å². The molecule has 4 saturated carbocycles. The molecule has 4 N–H and O–H groups in total. The van der Waals surface area contributed by atoms with Gasteiger partial charge in [0.25, 0.3) is 5.91 Å². The van der Waals surface area contributed by atoms with Gasteiger partial charge in [-0.1, -0.05) is 20.8 Å². The SMILES string of the molecule is CC(C)CN1CCN(C(=O)COC(=O)c2ccc(S(C)(=O)=O)c(N(O)O)c2)CC1.CCC(OC(=O)c1ccc(S(C)(=O)=O)c(N(O)O)c1)C(=O)CC1C2CC3CC(C2)CC1C3. The molecule has 1 amide bonds. The first-order valence-corrected chi connectivity index (χ1v) is 24.3. The van der Waals surface area contributed by atoms with Gasteiger partial charge in [-0.05, 0) is 110 Å². The van der Waals surface area contributed by atoms with Gasteiger partial charge < -0.3 is 14.4 Å². The van der Waals surface area contributed by atoms with Crippen molar-refractivity contribution in [3.8, 4) is 0 Å². The molecular formula is C41H58N4O14S2. The fourth-order valence-electron chi connectivity index (χ4n) is 9.54. The van der Waals surface area contributed by atoms with Crippen molar-refractivity contribution in [1.82, 2.24) is 9.80 Å². The number of hydrogen-bond acceptors (Lipinski definition) is 17. The molecule has 338 valence electrons. The normalized spacial score (nSPS) is 22.9. The van der Waals surface area contributed by atoms with E-state index in [1.807, 2.05) is 0 Å². The lowest BCUT2D eigenvalue weighted by atomic mass is 9.51. The van der Waals surface area contributed by atoms with Crippen LogP contribution >= 0.6 is 0 Å². The minimum absolute atomic E-state index is 0.0682. The molecule has 2 aromatic rings. The fourth-order valence-corrected chi connectivity index (χ4v) is 11.2. The Morgan fingerprint density at radius 1 is 0.738 bits per heavy atom. The minimum Gasteiger partial charge on any atom is -0.452 e. The van der Waals surface area contributed by atoms with Crippen LogP contribution in [0.1, 0.15) is 86.4 Å². The number of rotatable bonds is 15. The van der Waals surface area contributed by atoms with Gasteiger partial charge in [-0.15, -0.1) is 10.5 Å². The van der Waals surface area contributed by atoms with Gasteiger partial charge in [-0.3, -0.25) is 35.3 Å². The minimum atomic E-state index is -3.75. The molecule has 0 aromatic heterocycles. The molecule has 4 aliphatic carbocycles. The zero-order valence-electron chi connectivity index (χ0n) is 35.2. The van der Waals surface area contributed by atoms with E-state index in [9.17, 15) is 56.8 Å². The van der Waals surface area contributed by atoms with Gasteiger partial charge in [0.15, 0.2) is 38.2 Å². The zero-order chi connectivity index (χ0) is 45.0. The summed E-state index contributed by atoms with van der Waals surface area (Å²) in [6.07, 6.45) is 7.94. The van der Waals surface area contributed by atoms with Crippen LogP contribution in [0.2, 0.25) is 0 Å². The van der Waals surface area contributed by atoms with Crippen molar-refractivity contribution in [3.63, 3.8) is 0 Å². The maximum Gasteiger partial charge on any atom is 0.338 e. The van der Waals surface area contributed by atoms with Crippen molar-refractivity contribution < 1.29 is 66.3 Å². The summed E-state index contributed by atoms with van der Waals surface area (Å²) < 4.78 is 57.6. The van der Waals surface area contributed by atoms with E-state index in [4.69, 9.17) is 9.47 Å². The Balaban J connectivity index is 0.000000232. The van der Waals surface area contributed by atoms with Crippen LogP contribution in [0.3, 0.4) is 0 Å². The standard InChI is InChI=1S/C23H31NO7S.C18H27N3O7S/c1-3-21(20(25)12-18-16-7-13-6-14(9-16)10-17(18)8-13)31-23(26)15-4-5-22(32(2,29)30)19(11-15)24(27)28;1-13(2)11-19-6-8-20(9-7-19)17(22)12-28-18(23)14-4-5-16(29(3,26)27)15(10-14)21(24)25/h4-5,11,13-14,16-18,21,27-28H,3,6-10,12H2,1-2H3;4-5,10,13,24-25H,6-9,11-12H2,1-3H3. The molecule has 1 unspecified atom stereocenters. The van der Waals surface area contributed by atoms with E-state index in [1.165, 1.54) is 44.2 Å². The predicted octanol–water partition coefficient (Wildman–Crippen LogP) is 4.27. The number of carbonyl (C=O) groups is 4. The smallest absolute Gasteiger partial charge is 0.338 e. The number of sulfone groups is 2. The summed E-state index contributed by atoms with van der Waals surface area (Å²) in [5.41, 5.74) is -1.14. The first-order valence-electron chi connectivity index (χ1n) is 20.5. The molecule has 61 heavy (non-hydrogen) atoms. The maximum absolute atomic E-state index is 13.0. The summed E-state index contributed by atoms with van der Waals surface area (Å²) in [5, 5.41) is 36.5. The zero-order valence-corrected chi connectivity index (χ0v) is 36.8. The fraction of sp³-hybridized carbons (Fsp3) is 0.610. The van der Waals surface area contributed by atoms with Gasteiger partial charge in [0.05, 0.1) is 20.9 Å². The summed E-state index contributed by atoms with van der Waals surface area (Å²) in [7, 11) is -7.51. The lowest BCUT2D eigenvalue weighted by Crippen LogP contribution is -2.50. The number of piperazine rings is 1. The Kier molecular flexibility index (Phi) is 15.6. The van der Waals surface area contributed by atoms with Crippen LogP contribution in [0.5, 0.6) is 0 Å². The molecule has 2 aromatic carbocycles. The average Bonchev–Trinajstić information content (AvgIpc) is 3.18. The molecule has 20 heteroatoms. The third kappa shape index (κ3) is 12.3. The summed E-state index contributed by atoms with van der Waals surface area (Å²) in [5.74, 6) is 1.71. The lowest BCUT2D eigenvalue weighted by Gasteiger charge is -2.54. The molecule has 18 nitrogen and oxygen atoms in total. The number of amides is 1. The highest BCUT2D eigenvalue weighted by atomic mass is 32.2.